The fourth-order valence-corrected chi connectivity index (χ4v) is 1.85. The van der Waals surface area contributed by atoms with Crippen molar-refractivity contribution in [1.82, 2.24) is 20.4 Å². The van der Waals surface area contributed by atoms with Gasteiger partial charge in [0.2, 0.25) is 5.91 Å². The number of rotatable bonds is 6. The lowest BCUT2D eigenvalue weighted by molar-refractivity contribution is -0.124. The van der Waals surface area contributed by atoms with Gasteiger partial charge in [0.1, 0.15) is 0 Å². The Morgan fingerprint density at radius 2 is 2.26 bits per heavy atom. The molecule has 19 heavy (non-hydrogen) atoms. The van der Waals surface area contributed by atoms with E-state index in [1.807, 2.05) is 11.9 Å². The molecule has 0 aromatic rings. The van der Waals surface area contributed by atoms with Gasteiger partial charge >= 0.3 is 6.03 Å². The standard InChI is InChI=1S/C12H23N5O2/c1-4-5-7-16(3)11(13-2)14-6-8-17-10(18)9-15-12(17)19/h4-9H2,1-3H3,(H,13,14)(H,15,19). The van der Waals surface area contributed by atoms with Crippen LogP contribution < -0.4 is 10.6 Å². The zero-order valence-corrected chi connectivity index (χ0v) is 11.9. The summed E-state index contributed by atoms with van der Waals surface area (Å²) in [6.07, 6.45) is 2.23. The van der Waals surface area contributed by atoms with Gasteiger partial charge in [-0.2, -0.15) is 0 Å². The quantitative estimate of drug-likeness (QED) is 0.399. The first-order valence-electron chi connectivity index (χ1n) is 6.60. The van der Waals surface area contributed by atoms with Crippen molar-refractivity contribution in [2.45, 2.75) is 19.8 Å². The van der Waals surface area contributed by atoms with E-state index in [1.165, 1.54) is 4.90 Å². The van der Waals surface area contributed by atoms with Gasteiger partial charge in [-0.1, -0.05) is 13.3 Å². The van der Waals surface area contributed by atoms with Gasteiger partial charge in [0.15, 0.2) is 5.96 Å². The predicted octanol–water partition coefficient (Wildman–Crippen LogP) is -0.154. The average Bonchev–Trinajstić information content (AvgIpc) is 2.72. The molecule has 3 amide bonds. The predicted molar refractivity (Wildman–Crippen MR) is 74.0 cm³/mol. The molecule has 7 heteroatoms. The normalized spacial score (nSPS) is 15.7. The minimum Gasteiger partial charge on any atom is -0.354 e. The summed E-state index contributed by atoms with van der Waals surface area (Å²) in [5.74, 6) is 0.599. The molecule has 0 bridgehead atoms. The minimum atomic E-state index is -0.318. The van der Waals surface area contributed by atoms with E-state index in [2.05, 4.69) is 22.5 Å². The minimum absolute atomic E-state index is 0.101. The number of urea groups is 1. The molecule has 1 aliphatic rings. The summed E-state index contributed by atoms with van der Waals surface area (Å²) in [6, 6.07) is -0.318. The molecule has 0 spiro atoms. The molecule has 7 nitrogen and oxygen atoms in total. The molecule has 0 unspecified atom stereocenters. The fraction of sp³-hybridized carbons (Fsp3) is 0.750. The number of carbonyl (C=O) groups excluding carboxylic acids is 2. The van der Waals surface area contributed by atoms with Crippen molar-refractivity contribution in [3.8, 4) is 0 Å². The number of hydrogen-bond donors (Lipinski definition) is 2. The molecular weight excluding hydrogens is 246 g/mol. The van der Waals surface area contributed by atoms with Gasteiger partial charge in [0.25, 0.3) is 0 Å². The molecule has 0 radical (unpaired) electrons. The molecule has 0 aliphatic carbocycles. The number of guanidine groups is 1. The lowest BCUT2D eigenvalue weighted by atomic mass is 10.3. The van der Waals surface area contributed by atoms with Crippen molar-refractivity contribution in [3.63, 3.8) is 0 Å². The van der Waals surface area contributed by atoms with E-state index in [9.17, 15) is 9.59 Å². The van der Waals surface area contributed by atoms with Crippen molar-refractivity contribution in [2.75, 3.05) is 40.3 Å². The second-order valence-corrected chi connectivity index (χ2v) is 4.45. The SMILES string of the molecule is CCCCN(C)C(=NC)NCCN1C(=O)CNC1=O. The number of imide groups is 1. The summed E-state index contributed by atoms with van der Waals surface area (Å²) in [7, 11) is 3.69. The highest BCUT2D eigenvalue weighted by Gasteiger charge is 2.27. The van der Waals surface area contributed by atoms with Crippen molar-refractivity contribution >= 4 is 17.9 Å². The van der Waals surface area contributed by atoms with Gasteiger partial charge in [0.05, 0.1) is 6.54 Å². The van der Waals surface area contributed by atoms with Gasteiger partial charge in [-0.05, 0) is 6.42 Å². The zero-order valence-electron chi connectivity index (χ0n) is 11.9. The molecule has 1 fully saturated rings. The first-order valence-corrected chi connectivity index (χ1v) is 6.60. The molecule has 1 saturated heterocycles. The van der Waals surface area contributed by atoms with E-state index in [4.69, 9.17) is 0 Å². The van der Waals surface area contributed by atoms with E-state index in [0.29, 0.717) is 13.1 Å². The van der Waals surface area contributed by atoms with Crippen molar-refractivity contribution in [3.05, 3.63) is 0 Å². The molecule has 0 saturated carbocycles. The molecule has 0 aromatic carbocycles. The third-order valence-electron chi connectivity index (χ3n) is 2.98. The lowest BCUT2D eigenvalue weighted by Crippen LogP contribution is -2.44. The van der Waals surface area contributed by atoms with Crippen molar-refractivity contribution in [1.29, 1.82) is 0 Å². The Bertz CT molecular complexity index is 340. The highest BCUT2D eigenvalue weighted by atomic mass is 16.2. The Kier molecular flexibility index (Phi) is 6.11. The van der Waals surface area contributed by atoms with E-state index in [0.717, 1.165) is 25.3 Å². The number of unbranched alkanes of at least 4 members (excludes halogenated alkanes) is 1. The van der Waals surface area contributed by atoms with E-state index in [1.54, 1.807) is 7.05 Å². The molecule has 2 N–H and O–H groups in total. The smallest absolute Gasteiger partial charge is 0.324 e. The Balaban J connectivity index is 2.34. The van der Waals surface area contributed by atoms with E-state index < -0.39 is 0 Å². The highest BCUT2D eigenvalue weighted by molar-refractivity contribution is 6.01. The second-order valence-electron chi connectivity index (χ2n) is 4.45. The maximum atomic E-state index is 11.4. The van der Waals surface area contributed by atoms with Crippen LogP contribution in [0.5, 0.6) is 0 Å². The van der Waals surface area contributed by atoms with Gasteiger partial charge in [-0.25, -0.2) is 4.79 Å². The summed E-state index contributed by atoms with van der Waals surface area (Å²) >= 11 is 0. The van der Waals surface area contributed by atoms with E-state index in [-0.39, 0.29) is 18.5 Å². The first kappa shape index (κ1) is 15.3. The van der Waals surface area contributed by atoms with E-state index >= 15 is 0 Å². The van der Waals surface area contributed by atoms with Gasteiger partial charge in [-0.15, -0.1) is 0 Å². The number of amides is 3. The summed E-state index contributed by atoms with van der Waals surface area (Å²) in [4.78, 5) is 30.1. The number of nitrogens with zero attached hydrogens (tertiary/aromatic N) is 3. The van der Waals surface area contributed by atoms with Crippen LogP contribution in [0.15, 0.2) is 4.99 Å². The summed E-state index contributed by atoms with van der Waals surface area (Å²) in [5, 5.41) is 5.64. The van der Waals surface area contributed by atoms with Crippen molar-refractivity contribution < 1.29 is 9.59 Å². The summed E-state index contributed by atoms with van der Waals surface area (Å²) in [5.41, 5.74) is 0. The third-order valence-corrected chi connectivity index (χ3v) is 2.98. The average molecular weight is 269 g/mol. The maximum absolute atomic E-state index is 11.4. The Labute approximate surface area is 114 Å². The van der Waals surface area contributed by atoms with Gasteiger partial charge < -0.3 is 15.5 Å². The fourth-order valence-electron chi connectivity index (χ4n) is 1.85. The van der Waals surface area contributed by atoms with Crippen LogP contribution >= 0.6 is 0 Å². The first-order chi connectivity index (χ1) is 9.10. The second kappa shape index (κ2) is 7.60. The van der Waals surface area contributed by atoms with Crippen molar-refractivity contribution in [2.24, 2.45) is 4.99 Å². The highest BCUT2D eigenvalue weighted by Crippen LogP contribution is 1.97. The topological polar surface area (TPSA) is 77.0 Å². The Morgan fingerprint density at radius 1 is 1.53 bits per heavy atom. The largest absolute Gasteiger partial charge is 0.354 e. The zero-order chi connectivity index (χ0) is 14.3. The van der Waals surface area contributed by atoms with Crippen LogP contribution in [-0.2, 0) is 4.79 Å². The van der Waals surface area contributed by atoms with Crippen LogP contribution in [0.4, 0.5) is 4.79 Å². The summed E-state index contributed by atoms with van der Waals surface area (Å²) < 4.78 is 0. The molecule has 0 aromatic heterocycles. The van der Waals surface area contributed by atoms with Crippen LogP contribution in [0.3, 0.4) is 0 Å². The van der Waals surface area contributed by atoms with Gasteiger partial charge in [-0.3, -0.25) is 14.7 Å². The van der Waals surface area contributed by atoms with Gasteiger partial charge in [0, 0.05) is 33.7 Å². The summed E-state index contributed by atoms with van der Waals surface area (Å²) in [6.45, 7) is 4.03. The van der Waals surface area contributed by atoms with Crippen LogP contribution in [0.1, 0.15) is 19.8 Å². The van der Waals surface area contributed by atoms with Crippen LogP contribution in [0, 0.1) is 0 Å². The molecule has 0 atom stereocenters. The van der Waals surface area contributed by atoms with Crippen LogP contribution in [-0.4, -0.2) is 68.0 Å². The number of nitrogens with one attached hydrogen (secondary N) is 2. The van der Waals surface area contributed by atoms with Crippen LogP contribution in [0.25, 0.3) is 0 Å². The Morgan fingerprint density at radius 3 is 2.79 bits per heavy atom. The maximum Gasteiger partial charge on any atom is 0.324 e. The van der Waals surface area contributed by atoms with Crippen LogP contribution in [0.2, 0.25) is 0 Å². The molecule has 1 heterocycles. The third kappa shape index (κ3) is 4.42. The molecule has 1 rings (SSSR count). The number of carbonyl (C=O) groups is 2. The molecule has 108 valence electrons. The molecular formula is C12H23N5O2. The molecule has 1 aliphatic heterocycles. The monoisotopic (exact) mass is 269 g/mol. The lowest BCUT2D eigenvalue weighted by Gasteiger charge is -2.22. The Hall–Kier alpha value is -1.79. The number of aliphatic imine (C=N–C) groups is 1. The number of hydrogen-bond acceptors (Lipinski definition) is 3.